The van der Waals surface area contributed by atoms with Gasteiger partial charge in [0.05, 0.1) is 8.07 Å². The molecule has 0 spiro atoms. The molecule has 1 rings (SSSR count). The molecule has 1 heteroatoms. The Kier molecular flexibility index (Phi) is 5.00. The van der Waals surface area contributed by atoms with Crippen LogP contribution >= 0.6 is 0 Å². The van der Waals surface area contributed by atoms with Crippen LogP contribution in [-0.2, 0) is 0 Å². The molecule has 0 saturated heterocycles. The summed E-state index contributed by atoms with van der Waals surface area (Å²) in [6, 6.07) is 12.2. The molecule has 1 aromatic carbocycles. The zero-order valence-electron chi connectivity index (χ0n) is 11.0. The first-order chi connectivity index (χ1) is 7.52. The summed E-state index contributed by atoms with van der Waals surface area (Å²) >= 11 is 0. The van der Waals surface area contributed by atoms with Crippen molar-refractivity contribution in [2.45, 2.75) is 39.4 Å². The number of benzene rings is 1. The molecule has 0 aliphatic heterocycles. The quantitative estimate of drug-likeness (QED) is 0.527. The van der Waals surface area contributed by atoms with Gasteiger partial charge in [-0.25, -0.2) is 0 Å². The van der Waals surface area contributed by atoms with Crippen LogP contribution in [0.2, 0.25) is 19.1 Å². The van der Waals surface area contributed by atoms with Crippen molar-refractivity contribution in [3.8, 4) is 0 Å². The average molecular weight is 232 g/mol. The Bertz CT molecular complexity index is 323. The van der Waals surface area contributed by atoms with Crippen LogP contribution in [-0.4, -0.2) is 8.07 Å². The summed E-state index contributed by atoms with van der Waals surface area (Å²) in [5, 5.41) is 1.56. The molecule has 0 amide bonds. The Morgan fingerprint density at radius 1 is 1.06 bits per heavy atom. The molecule has 0 fully saturated rings. The van der Waals surface area contributed by atoms with Crippen molar-refractivity contribution in [3.63, 3.8) is 0 Å². The molecule has 0 unspecified atom stereocenters. The van der Waals surface area contributed by atoms with Crippen LogP contribution in [0.4, 0.5) is 0 Å². The van der Waals surface area contributed by atoms with Crippen molar-refractivity contribution >= 4 is 13.3 Å². The van der Waals surface area contributed by atoms with E-state index in [1.165, 1.54) is 12.5 Å². The monoisotopic (exact) mass is 232 g/mol. The van der Waals surface area contributed by atoms with Crippen LogP contribution in [0.3, 0.4) is 0 Å². The maximum Gasteiger partial charge on any atom is 0.0843 e. The van der Waals surface area contributed by atoms with Gasteiger partial charge in [0, 0.05) is 0 Å². The largest absolute Gasteiger partial charge is 0.0909 e. The lowest BCUT2D eigenvalue weighted by atomic mass is 10.1. The second kappa shape index (κ2) is 6.05. The maximum absolute atomic E-state index is 2.45. The first-order valence-corrected chi connectivity index (χ1v) is 9.43. The number of allylic oxidation sites excluding steroid dienone is 2. The summed E-state index contributed by atoms with van der Waals surface area (Å²) in [5.41, 5.74) is 0. The molecule has 0 heterocycles. The van der Waals surface area contributed by atoms with E-state index in [2.05, 4.69) is 69.4 Å². The number of hydrogen-bond donors (Lipinski definition) is 0. The topological polar surface area (TPSA) is 0 Å². The summed E-state index contributed by atoms with van der Waals surface area (Å²) in [6.45, 7) is 9.43. The van der Waals surface area contributed by atoms with Crippen LogP contribution in [0.25, 0.3) is 0 Å². The third-order valence-corrected chi connectivity index (χ3v) is 6.11. The standard InChI is InChI=1S/C15H24Si/c1-14(2)10-8-9-13-16(3,4)15-11-6-5-7-12-15/h5-9,11-12,14H,10,13H2,1-4H3/b9-8-. The van der Waals surface area contributed by atoms with E-state index < -0.39 is 8.07 Å². The van der Waals surface area contributed by atoms with E-state index in [0.717, 1.165) is 5.92 Å². The van der Waals surface area contributed by atoms with Gasteiger partial charge in [-0.1, -0.05) is 74.6 Å². The Labute approximate surface area is 101 Å². The Balaban J connectivity index is 2.56. The average Bonchev–Trinajstić information content (AvgIpc) is 2.26. The van der Waals surface area contributed by atoms with Gasteiger partial charge in [-0.05, 0) is 18.4 Å². The summed E-state index contributed by atoms with van der Waals surface area (Å²) < 4.78 is 0. The molecule has 88 valence electrons. The summed E-state index contributed by atoms with van der Waals surface area (Å²) in [5.74, 6) is 0.776. The van der Waals surface area contributed by atoms with E-state index in [4.69, 9.17) is 0 Å². The van der Waals surface area contributed by atoms with Gasteiger partial charge in [0.1, 0.15) is 0 Å². The SMILES string of the molecule is CC(C)C/C=C\C[Si](C)(C)c1ccccc1. The lowest BCUT2D eigenvalue weighted by Gasteiger charge is -2.21. The molecule has 0 N–H and O–H groups in total. The lowest BCUT2D eigenvalue weighted by molar-refractivity contribution is 0.663. The third kappa shape index (κ3) is 4.36. The normalized spacial score (nSPS) is 12.6. The summed E-state index contributed by atoms with van der Waals surface area (Å²) in [4.78, 5) is 0. The molecular weight excluding hydrogens is 208 g/mol. The maximum atomic E-state index is 2.45. The Morgan fingerprint density at radius 3 is 2.25 bits per heavy atom. The minimum Gasteiger partial charge on any atom is -0.0909 e. The molecule has 0 aliphatic carbocycles. The van der Waals surface area contributed by atoms with Gasteiger partial charge in [-0.3, -0.25) is 0 Å². The van der Waals surface area contributed by atoms with E-state index in [1.807, 2.05) is 0 Å². The van der Waals surface area contributed by atoms with E-state index in [9.17, 15) is 0 Å². The highest BCUT2D eigenvalue weighted by atomic mass is 28.3. The first kappa shape index (κ1) is 13.2. The Morgan fingerprint density at radius 2 is 1.69 bits per heavy atom. The van der Waals surface area contributed by atoms with Crippen molar-refractivity contribution in [2.24, 2.45) is 5.92 Å². The summed E-state index contributed by atoms with van der Waals surface area (Å²) in [7, 11) is -1.24. The van der Waals surface area contributed by atoms with Gasteiger partial charge in [0.25, 0.3) is 0 Å². The van der Waals surface area contributed by atoms with Crippen molar-refractivity contribution in [1.29, 1.82) is 0 Å². The van der Waals surface area contributed by atoms with E-state index in [0.29, 0.717) is 0 Å². The third-order valence-electron chi connectivity index (χ3n) is 2.96. The Hall–Kier alpha value is -0.823. The highest BCUT2D eigenvalue weighted by Gasteiger charge is 2.20. The smallest absolute Gasteiger partial charge is 0.0843 e. The second-order valence-electron chi connectivity index (χ2n) is 5.55. The minimum absolute atomic E-state index is 0.776. The van der Waals surface area contributed by atoms with Gasteiger partial charge in [0.2, 0.25) is 0 Å². The van der Waals surface area contributed by atoms with Crippen LogP contribution in [0, 0.1) is 5.92 Å². The summed E-state index contributed by atoms with van der Waals surface area (Å²) in [6.07, 6.45) is 5.95. The molecule has 0 aliphatic rings. The van der Waals surface area contributed by atoms with Crippen molar-refractivity contribution in [3.05, 3.63) is 42.5 Å². The zero-order valence-corrected chi connectivity index (χ0v) is 12.0. The highest BCUT2D eigenvalue weighted by molar-refractivity contribution is 6.90. The first-order valence-electron chi connectivity index (χ1n) is 6.23. The van der Waals surface area contributed by atoms with Crippen molar-refractivity contribution in [2.75, 3.05) is 0 Å². The van der Waals surface area contributed by atoms with E-state index in [1.54, 1.807) is 5.19 Å². The van der Waals surface area contributed by atoms with Crippen LogP contribution in [0.15, 0.2) is 42.5 Å². The van der Waals surface area contributed by atoms with Gasteiger partial charge in [-0.2, -0.15) is 0 Å². The molecule has 0 saturated carbocycles. The number of rotatable bonds is 5. The molecule has 1 aromatic rings. The molecule has 0 bridgehead atoms. The van der Waals surface area contributed by atoms with Crippen LogP contribution in [0.1, 0.15) is 20.3 Å². The second-order valence-corrected chi connectivity index (χ2v) is 10.3. The highest BCUT2D eigenvalue weighted by Crippen LogP contribution is 2.11. The molecule has 16 heavy (non-hydrogen) atoms. The number of hydrogen-bond acceptors (Lipinski definition) is 0. The zero-order chi connectivity index (χ0) is 12.0. The van der Waals surface area contributed by atoms with Crippen LogP contribution < -0.4 is 5.19 Å². The van der Waals surface area contributed by atoms with E-state index >= 15 is 0 Å². The fourth-order valence-electron chi connectivity index (χ4n) is 1.75. The molecule has 0 aromatic heterocycles. The molecule has 0 atom stereocenters. The molecule has 0 nitrogen and oxygen atoms in total. The van der Waals surface area contributed by atoms with Crippen molar-refractivity contribution in [1.82, 2.24) is 0 Å². The lowest BCUT2D eigenvalue weighted by Crippen LogP contribution is -2.40. The predicted molar refractivity (Wildman–Crippen MR) is 77.0 cm³/mol. The van der Waals surface area contributed by atoms with Crippen molar-refractivity contribution < 1.29 is 0 Å². The molecule has 0 radical (unpaired) electrons. The fourth-order valence-corrected chi connectivity index (χ4v) is 3.84. The minimum atomic E-state index is -1.24. The van der Waals surface area contributed by atoms with Gasteiger partial charge < -0.3 is 0 Å². The molecular formula is C15H24Si. The van der Waals surface area contributed by atoms with Crippen LogP contribution in [0.5, 0.6) is 0 Å². The van der Waals surface area contributed by atoms with Gasteiger partial charge in [-0.15, -0.1) is 0 Å². The fraction of sp³-hybridized carbons (Fsp3) is 0.467. The van der Waals surface area contributed by atoms with E-state index in [-0.39, 0.29) is 0 Å². The van der Waals surface area contributed by atoms with Gasteiger partial charge in [0.15, 0.2) is 0 Å². The van der Waals surface area contributed by atoms with Gasteiger partial charge >= 0.3 is 0 Å². The predicted octanol–water partition coefficient (Wildman–Crippen LogP) is 4.20.